The fourth-order valence-electron chi connectivity index (χ4n) is 3.79. The molecular formula is C25H30N2O6. The van der Waals surface area contributed by atoms with Crippen LogP contribution >= 0.6 is 0 Å². The van der Waals surface area contributed by atoms with E-state index in [1.807, 2.05) is 0 Å². The molecular weight excluding hydrogens is 424 g/mol. The van der Waals surface area contributed by atoms with E-state index < -0.39 is 0 Å². The molecule has 0 saturated carbocycles. The first kappa shape index (κ1) is 24.1. The third-order valence-corrected chi connectivity index (χ3v) is 5.64. The summed E-state index contributed by atoms with van der Waals surface area (Å²) in [6.07, 6.45) is 2.70. The number of benzene rings is 2. The van der Waals surface area contributed by atoms with Gasteiger partial charge in [-0.3, -0.25) is 14.4 Å². The van der Waals surface area contributed by atoms with Crippen LogP contribution in [-0.4, -0.2) is 56.9 Å². The summed E-state index contributed by atoms with van der Waals surface area (Å²) in [5, 5.41) is 2.82. The molecule has 1 aliphatic heterocycles. The molecule has 8 heteroatoms. The van der Waals surface area contributed by atoms with Gasteiger partial charge in [-0.05, 0) is 49.6 Å². The molecule has 1 saturated heterocycles. The second-order valence-corrected chi connectivity index (χ2v) is 7.81. The Labute approximate surface area is 193 Å². The second kappa shape index (κ2) is 11.4. The average Bonchev–Trinajstić information content (AvgIpc) is 3.38. The van der Waals surface area contributed by atoms with Crippen molar-refractivity contribution in [2.45, 2.75) is 32.1 Å². The summed E-state index contributed by atoms with van der Waals surface area (Å²) in [6, 6.07) is 10.1. The van der Waals surface area contributed by atoms with Crippen LogP contribution in [-0.2, 0) is 4.79 Å². The van der Waals surface area contributed by atoms with Crippen molar-refractivity contribution in [3.05, 3.63) is 47.5 Å². The van der Waals surface area contributed by atoms with E-state index in [4.69, 9.17) is 14.2 Å². The van der Waals surface area contributed by atoms with E-state index in [1.165, 1.54) is 14.2 Å². The van der Waals surface area contributed by atoms with Crippen LogP contribution in [0.5, 0.6) is 17.2 Å². The minimum absolute atomic E-state index is 0.0403. The van der Waals surface area contributed by atoms with Crippen molar-refractivity contribution in [2.75, 3.05) is 39.7 Å². The summed E-state index contributed by atoms with van der Waals surface area (Å²) in [4.78, 5) is 39.8. The normalized spacial score (nSPS) is 12.9. The largest absolute Gasteiger partial charge is 0.497 e. The minimum Gasteiger partial charge on any atom is -0.497 e. The van der Waals surface area contributed by atoms with E-state index in [1.54, 1.807) is 48.4 Å². The fraction of sp³-hybridized carbons (Fsp3) is 0.400. The van der Waals surface area contributed by atoms with E-state index in [0.717, 1.165) is 12.8 Å². The smallest absolute Gasteiger partial charge is 0.256 e. The molecule has 2 aromatic carbocycles. The average molecular weight is 455 g/mol. The van der Waals surface area contributed by atoms with Gasteiger partial charge in [0.25, 0.3) is 5.91 Å². The van der Waals surface area contributed by atoms with Crippen LogP contribution in [0.1, 0.15) is 52.8 Å². The van der Waals surface area contributed by atoms with Gasteiger partial charge in [-0.2, -0.15) is 0 Å². The van der Waals surface area contributed by atoms with Crippen LogP contribution in [0, 0.1) is 0 Å². The molecule has 1 heterocycles. The van der Waals surface area contributed by atoms with Crippen LogP contribution in [0.15, 0.2) is 36.4 Å². The number of nitrogens with zero attached hydrogens (tertiary/aromatic N) is 1. The van der Waals surface area contributed by atoms with Crippen molar-refractivity contribution >= 4 is 23.3 Å². The van der Waals surface area contributed by atoms with E-state index >= 15 is 0 Å². The summed E-state index contributed by atoms with van der Waals surface area (Å²) >= 11 is 0. The molecule has 3 rings (SSSR count). The molecule has 176 valence electrons. The Morgan fingerprint density at radius 2 is 1.52 bits per heavy atom. The lowest BCUT2D eigenvalue weighted by Crippen LogP contribution is -2.29. The molecule has 0 spiro atoms. The molecule has 2 amide bonds. The summed E-state index contributed by atoms with van der Waals surface area (Å²) in [7, 11) is 4.56. The molecule has 0 atom stereocenters. The molecule has 0 aliphatic carbocycles. The van der Waals surface area contributed by atoms with E-state index in [-0.39, 0.29) is 30.4 Å². The number of amides is 2. The monoisotopic (exact) mass is 454 g/mol. The van der Waals surface area contributed by atoms with Crippen molar-refractivity contribution in [2.24, 2.45) is 0 Å². The first-order valence-corrected chi connectivity index (χ1v) is 11.0. The Balaban J connectivity index is 1.65. The maximum Gasteiger partial charge on any atom is 0.256 e. The van der Waals surface area contributed by atoms with Crippen molar-refractivity contribution in [1.82, 2.24) is 4.90 Å². The topological polar surface area (TPSA) is 94.2 Å². The predicted molar refractivity (Wildman–Crippen MR) is 124 cm³/mol. The first-order valence-electron chi connectivity index (χ1n) is 11.0. The quantitative estimate of drug-likeness (QED) is 0.547. The third-order valence-electron chi connectivity index (χ3n) is 5.64. The van der Waals surface area contributed by atoms with E-state index in [9.17, 15) is 14.4 Å². The highest BCUT2D eigenvalue weighted by Crippen LogP contribution is 2.34. The summed E-state index contributed by atoms with van der Waals surface area (Å²) in [5.41, 5.74) is 1.31. The predicted octanol–water partition coefficient (Wildman–Crippen LogP) is 3.94. The number of Topliss-reactive ketones (excluding diaryl/α,β-unsaturated/α-hetero) is 1. The minimum atomic E-state index is -0.278. The second-order valence-electron chi connectivity index (χ2n) is 7.81. The summed E-state index contributed by atoms with van der Waals surface area (Å²) in [5.74, 6) is 1.05. The van der Waals surface area contributed by atoms with Gasteiger partial charge >= 0.3 is 0 Å². The van der Waals surface area contributed by atoms with Crippen LogP contribution in [0.25, 0.3) is 0 Å². The number of likely N-dealkylation sites (tertiary alicyclic amines) is 1. The molecule has 0 aromatic heterocycles. The number of carbonyl (C=O) groups excluding carboxylic acids is 3. The van der Waals surface area contributed by atoms with Crippen LogP contribution in [0.2, 0.25) is 0 Å². The molecule has 33 heavy (non-hydrogen) atoms. The lowest BCUT2D eigenvalue weighted by Gasteiger charge is -2.20. The standard InChI is InChI=1S/C25H30N2O6/c1-31-18-11-9-17(10-12-18)21(28)7-6-8-24(29)26-20-16-23(33-3)22(32-2)15-19(20)25(30)27-13-4-5-14-27/h9-12,15-16H,4-8,13-14H2,1-3H3,(H,26,29). The van der Waals surface area contributed by atoms with Gasteiger partial charge in [0.1, 0.15) is 5.75 Å². The van der Waals surface area contributed by atoms with Crippen molar-refractivity contribution in [3.8, 4) is 17.2 Å². The zero-order valence-electron chi connectivity index (χ0n) is 19.3. The molecule has 0 unspecified atom stereocenters. The number of rotatable bonds is 10. The third kappa shape index (κ3) is 6.03. The van der Waals surface area contributed by atoms with Crippen LogP contribution < -0.4 is 19.5 Å². The molecule has 1 aliphatic rings. The van der Waals surface area contributed by atoms with Gasteiger partial charge in [0.15, 0.2) is 17.3 Å². The molecule has 8 nitrogen and oxygen atoms in total. The molecule has 0 radical (unpaired) electrons. The van der Waals surface area contributed by atoms with Gasteiger partial charge in [0.05, 0.1) is 32.6 Å². The SMILES string of the molecule is COc1ccc(C(=O)CCCC(=O)Nc2cc(OC)c(OC)cc2C(=O)N2CCCC2)cc1. The van der Waals surface area contributed by atoms with Gasteiger partial charge in [-0.15, -0.1) is 0 Å². The zero-order chi connectivity index (χ0) is 23.8. The Kier molecular flexibility index (Phi) is 8.29. The van der Waals surface area contributed by atoms with Gasteiger partial charge in [0.2, 0.25) is 5.91 Å². The summed E-state index contributed by atoms with van der Waals surface area (Å²) < 4.78 is 15.8. The highest BCUT2D eigenvalue weighted by molar-refractivity contribution is 6.05. The Morgan fingerprint density at radius 3 is 2.12 bits per heavy atom. The number of ketones is 1. The van der Waals surface area contributed by atoms with Crippen LogP contribution in [0.4, 0.5) is 5.69 Å². The van der Waals surface area contributed by atoms with E-state index in [2.05, 4.69) is 5.32 Å². The number of anilines is 1. The van der Waals surface area contributed by atoms with Crippen molar-refractivity contribution in [1.29, 1.82) is 0 Å². The molecule has 2 aromatic rings. The Bertz CT molecular complexity index is 997. The maximum atomic E-state index is 13.0. The zero-order valence-corrected chi connectivity index (χ0v) is 19.3. The van der Waals surface area contributed by atoms with Gasteiger partial charge in [0, 0.05) is 37.6 Å². The number of carbonyl (C=O) groups is 3. The van der Waals surface area contributed by atoms with Gasteiger partial charge < -0.3 is 24.4 Å². The lowest BCUT2D eigenvalue weighted by atomic mass is 10.0. The number of methoxy groups -OCH3 is 3. The highest BCUT2D eigenvalue weighted by atomic mass is 16.5. The molecule has 1 fully saturated rings. The molecule has 1 N–H and O–H groups in total. The van der Waals surface area contributed by atoms with E-state index in [0.29, 0.717) is 53.6 Å². The maximum absolute atomic E-state index is 13.0. The fourth-order valence-corrected chi connectivity index (χ4v) is 3.79. The van der Waals surface area contributed by atoms with Crippen LogP contribution in [0.3, 0.4) is 0 Å². The Hall–Kier alpha value is -3.55. The number of ether oxygens (including phenoxy) is 3. The Morgan fingerprint density at radius 1 is 0.879 bits per heavy atom. The number of hydrogen-bond donors (Lipinski definition) is 1. The first-order chi connectivity index (χ1) is 16.0. The molecule has 0 bridgehead atoms. The van der Waals surface area contributed by atoms with Gasteiger partial charge in [-0.1, -0.05) is 0 Å². The lowest BCUT2D eigenvalue weighted by molar-refractivity contribution is -0.116. The summed E-state index contributed by atoms with van der Waals surface area (Å²) in [6.45, 7) is 1.38. The number of hydrogen-bond acceptors (Lipinski definition) is 6. The highest BCUT2D eigenvalue weighted by Gasteiger charge is 2.25. The van der Waals surface area contributed by atoms with Gasteiger partial charge in [-0.25, -0.2) is 0 Å². The number of nitrogens with one attached hydrogen (secondary N) is 1. The van der Waals surface area contributed by atoms with Crippen molar-refractivity contribution < 1.29 is 28.6 Å². The van der Waals surface area contributed by atoms with Crippen molar-refractivity contribution in [3.63, 3.8) is 0 Å².